The van der Waals surface area contributed by atoms with Gasteiger partial charge in [-0.15, -0.1) is 21.5 Å². The average molecular weight is 295 g/mol. The molecule has 2 heterocycles. The number of hydrogen-bond acceptors (Lipinski definition) is 6. The van der Waals surface area contributed by atoms with Crippen LogP contribution in [0.5, 0.6) is 0 Å². The van der Waals surface area contributed by atoms with Gasteiger partial charge in [-0.05, 0) is 26.7 Å². The molecule has 2 aromatic heterocycles. The van der Waals surface area contributed by atoms with Crippen LogP contribution < -0.4 is 0 Å². The zero-order valence-corrected chi connectivity index (χ0v) is 12.8. The molecule has 0 spiro atoms. The molecule has 19 heavy (non-hydrogen) atoms. The third-order valence-corrected chi connectivity index (χ3v) is 5.56. The minimum absolute atomic E-state index is 0.612. The van der Waals surface area contributed by atoms with Crippen LogP contribution in [0.3, 0.4) is 0 Å². The maximum Gasteiger partial charge on any atom is 0.277 e. The van der Waals surface area contributed by atoms with Gasteiger partial charge in [0, 0.05) is 5.25 Å². The fourth-order valence-electron chi connectivity index (χ4n) is 2.40. The topological polar surface area (TPSA) is 51.8 Å². The lowest BCUT2D eigenvalue weighted by Gasteiger charge is -2.18. The normalized spacial score (nSPS) is 16.9. The summed E-state index contributed by atoms with van der Waals surface area (Å²) in [6.07, 6.45) is 6.55. The van der Waals surface area contributed by atoms with E-state index in [-0.39, 0.29) is 0 Å². The molecule has 0 atom stereocenters. The summed E-state index contributed by atoms with van der Waals surface area (Å²) in [5.74, 6) is 0.612. The molecule has 0 N–H and O–H groups in total. The van der Waals surface area contributed by atoms with Crippen molar-refractivity contribution in [3.05, 3.63) is 10.7 Å². The van der Waals surface area contributed by atoms with Crippen molar-refractivity contribution in [3.63, 3.8) is 0 Å². The van der Waals surface area contributed by atoms with Crippen LogP contribution in [0, 0.1) is 13.8 Å². The van der Waals surface area contributed by atoms with E-state index in [0.717, 1.165) is 15.6 Å². The van der Waals surface area contributed by atoms with Gasteiger partial charge in [0.2, 0.25) is 0 Å². The Kier molecular flexibility index (Phi) is 3.88. The summed E-state index contributed by atoms with van der Waals surface area (Å²) in [4.78, 5) is 5.40. The molecule has 1 saturated carbocycles. The molecule has 0 amide bonds. The molecule has 1 fully saturated rings. The van der Waals surface area contributed by atoms with Gasteiger partial charge in [-0.3, -0.25) is 0 Å². The zero-order chi connectivity index (χ0) is 13.2. The monoisotopic (exact) mass is 295 g/mol. The van der Waals surface area contributed by atoms with Crippen LogP contribution in [0.2, 0.25) is 0 Å². The summed E-state index contributed by atoms with van der Waals surface area (Å²) in [5.41, 5.74) is 0.973. The van der Waals surface area contributed by atoms with E-state index in [9.17, 15) is 0 Å². The van der Waals surface area contributed by atoms with Crippen LogP contribution in [0.25, 0.3) is 10.8 Å². The first kappa shape index (κ1) is 13.1. The second kappa shape index (κ2) is 5.63. The summed E-state index contributed by atoms with van der Waals surface area (Å²) in [5, 5.41) is 10.7. The van der Waals surface area contributed by atoms with Crippen LogP contribution in [-0.4, -0.2) is 20.4 Å². The van der Waals surface area contributed by atoms with Crippen LogP contribution in [-0.2, 0) is 0 Å². The lowest BCUT2D eigenvalue weighted by Crippen LogP contribution is -2.07. The Morgan fingerprint density at radius 3 is 2.63 bits per heavy atom. The molecule has 3 rings (SSSR count). The van der Waals surface area contributed by atoms with Crippen molar-refractivity contribution in [2.75, 3.05) is 0 Å². The number of hydrogen-bond donors (Lipinski definition) is 0. The van der Waals surface area contributed by atoms with Gasteiger partial charge in [0.25, 0.3) is 11.1 Å². The Labute approximate surface area is 121 Å². The molecule has 4 nitrogen and oxygen atoms in total. The number of aromatic nitrogens is 3. The summed E-state index contributed by atoms with van der Waals surface area (Å²) in [6.45, 7) is 3.98. The molecule has 0 saturated heterocycles. The fraction of sp³-hybridized carbons (Fsp3) is 0.615. The first-order chi connectivity index (χ1) is 9.22. The lowest BCUT2D eigenvalue weighted by atomic mass is 10.0. The molecule has 0 unspecified atom stereocenters. The maximum absolute atomic E-state index is 5.78. The van der Waals surface area contributed by atoms with Crippen molar-refractivity contribution >= 4 is 23.1 Å². The molecule has 1 aliphatic rings. The maximum atomic E-state index is 5.78. The van der Waals surface area contributed by atoms with E-state index in [0.29, 0.717) is 16.4 Å². The molecular formula is C13H17N3OS2. The van der Waals surface area contributed by atoms with E-state index in [1.54, 1.807) is 23.1 Å². The summed E-state index contributed by atoms with van der Waals surface area (Å²) in [7, 11) is 0. The van der Waals surface area contributed by atoms with Crippen molar-refractivity contribution in [1.82, 2.24) is 15.2 Å². The highest BCUT2D eigenvalue weighted by atomic mass is 32.2. The quantitative estimate of drug-likeness (QED) is 0.848. The van der Waals surface area contributed by atoms with Gasteiger partial charge in [-0.25, -0.2) is 4.98 Å². The largest absolute Gasteiger partial charge is 0.410 e. The van der Waals surface area contributed by atoms with Crippen molar-refractivity contribution in [1.29, 1.82) is 0 Å². The smallest absolute Gasteiger partial charge is 0.277 e. The lowest BCUT2D eigenvalue weighted by molar-refractivity contribution is 0.458. The SMILES string of the molecule is Cc1nc(C)c(-c2nnc(SC3CCCCC3)o2)s1. The summed E-state index contributed by atoms with van der Waals surface area (Å²) in [6, 6.07) is 0. The third-order valence-electron chi connectivity index (χ3n) is 3.32. The van der Waals surface area contributed by atoms with E-state index in [1.807, 2.05) is 13.8 Å². The molecule has 102 valence electrons. The molecule has 0 bridgehead atoms. The molecule has 6 heteroatoms. The minimum atomic E-state index is 0.612. The van der Waals surface area contributed by atoms with E-state index in [1.165, 1.54) is 32.1 Å². The molecule has 0 radical (unpaired) electrons. The van der Waals surface area contributed by atoms with Gasteiger partial charge in [0.15, 0.2) is 0 Å². The van der Waals surface area contributed by atoms with Crippen LogP contribution >= 0.6 is 23.1 Å². The summed E-state index contributed by atoms with van der Waals surface area (Å²) < 4.78 is 5.78. The van der Waals surface area contributed by atoms with E-state index in [4.69, 9.17) is 4.42 Å². The van der Waals surface area contributed by atoms with Gasteiger partial charge in [0.1, 0.15) is 4.88 Å². The number of aryl methyl sites for hydroxylation is 2. The van der Waals surface area contributed by atoms with Crippen molar-refractivity contribution in [3.8, 4) is 10.8 Å². The molecule has 2 aromatic rings. The van der Waals surface area contributed by atoms with Gasteiger partial charge >= 0.3 is 0 Å². The number of rotatable bonds is 3. The Balaban J connectivity index is 1.74. The molecular weight excluding hydrogens is 278 g/mol. The van der Waals surface area contributed by atoms with Crippen molar-refractivity contribution < 1.29 is 4.42 Å². The second-order valence-electron chi connectivity index (χ2n) is 4.90. The van der Waals surface area contributed by atoms with Gasteiger partial charge < -0.3 is 4.42 Å². The van der Waals surface area contributed by atoms with Crippen molar-refractivity contribution in [2.45, 2.75) is 56.4 Å². The first-order valence-corrected chi connectivity index (χ1v) is 8.36. The Morgan fingerprint density at radius 2 is 1.95 bits per heavy atom. The predicted octanol–water partition coefficient (Wildman–Crippen LogP) is 4.23. The number of thioether (sulfide) groups is 1. The van der Waals surface area contributed by atoms with Gasteiger partial charge in [-0.1, -0.05) is 31.0 Å². The third kappa shape index (κ3) is 3.00. The van der Waals surface area contributed by atoms with Gasteiger partial charge in [0.05, 0.1) is 10.7 Å². The predicted molar refractivity (Wildman–Crippen MR) is 77.6 cm³/mol. The fourth-order valence-corrected chi connectivity index (χ4v) is 4.31. The molecule has 1 aliphatic carbocycles. The Bertz CT molecular complexity index is 558. The minimum Gasteiger partial charge on any atom is -0.410 e. The summed E-state index contributed by atoms with van der Waals surface area (Å²) >= 11 is 3.35. The van der Waals surface area contributed by atoms with Crippen LogP contribution in [0.1, 0.15) is 42.8 Å². The highest BCUT2D eigenvalue weighted by Crippen LogP contribution is 2.35. The Morgan fingerprint density at radius 1 is 1.16 bits per heavy atom. The van der Waals surface area contributed by atoms with Crippen LogP contribution in [0.4, 0.5) is 0 Å². The van der Waals surface area contributed by atoms with E-state index < -0.39 is 0 Å². The van der Waals surface area contributed by atoms with Crippen molar-refractivity contribution in [2.24, 2.45) is 0 Å². The molecule has 0 aromatic carbocycles. The highest BCUT2D eigenvalue weighted by molar-refractivity contribution is 7.99. The standard InChI is InChI=1S/C13H17N3OS2/c1-8-11(18-9(2)14-8)12-15-16-13(17-12)19-10-6-4-3-5-7-10/h10H,3-7H2,1-2H3. The molecule has 0 aliphatic heterocycles. The average Bonchev–Trinajstić information content (AvgIpc) is 2.97. The first-order valence-electron chi connectivity index (χ1n) is 6.67. The van der Waals surface area contributed by atoms with E-state index in [2.05, 4.69) is 15.2 Å². The van der Waals surface area contributed by atoms with E-state index >= 15 is 0 Å². The second-order valence-corrected chi connectivity index (χ2v) is 7.35. The number of thiazole rings is 1. The highest BCUT2D eigenvalue weighted by Gasteiger charge is 2.20. The zero-order valence-electron chi connectivity index (χ0n) is 11.2. The Hall–Kier alpha value is -0.880. The number of nitrogens with zero attached hydrogens (tertiary/aromatic N) is 3. The van der Waals surface area contributed by atoms with Crippen LogP contribution in [0.15, 0.2) is 9.64 Å². The van der Waals surface area contributed by atoms with Gasteiger partial charge in [-0.2, -0.15) is 0 Å².